The minimum absolute atomic E-state index is 0.0413. The van der Waals surface area contributed by atoms with E-state index in [1.54, 1.807) is 13.0 Å². The predicted molar refractivity (Wildman–Crippen MR) is 104 cm³/mol. The molecule has 0 saturated heterocycles. The van der Waals surface area contributed by atoms with E-state index in [0.717, 1.165) is 10.6 Å². The summed E-state index contributed by atoms with van der Waals surface area (Å²) in [6.07, 6.45) is 0.764. The minimum Gasteiger partial charge on any atom is -0.452 e. The smallest absolute Gasteiger partial charge is 0.312 e. The molecule has 2 rings (SSSR count). The van der Waals surface area contributed by atoms with Gasteiger partial charge in [-0.15, -0.1) is 17.9 Å². The molecule has 0 aliphatic heterocycles. The number of rotatable bonds is 8. The number of ether oxygens (including phenoxy) is 1. The highest BCUT2D eigenvalue weighted by molar-refractivity contribution is 7.13. The first-order valence-corrected chi connectivity index (χ1v) is 9.41. The molecule has 1 amide bonds. The molecule has 0 aliphatic carbocycles. The molecule has 1 atom stereocenters. The van der Waals surface area contributed by atoms with Gasteiger partial charge in [0.15, 0.2) is 6.10 Å². The molecule has 0 unspecified atom stereocenters. The number of amides is 1. The van der Waals surface area contributed by atoms with Crippen LogP contribution in [0.1, 0.15) is 37.9 Å². The van der Waals surface area contributed by atoms with Crippen LogP contribution in [0.25, 0.3) is 10.6 Å². The van der Waals surface area contributed by atoms with Crippen molar-refractivity contribution in [3.8, 4) is 10.6 Å². The lowest BCUT2D eigenvalue weighted by Crippen LogP contribution is -2.36. The van der Waals surface area contributed by atoms with Gasteiger partial charge in [0.05, 0.1) is 12.1 Å². The molecule has 6 heteroatoms. The zero-order valence-corrected chi connectivity index (χ0v) is 16.1. The van der Waals surface area contributed by atoms with Crippen molar-refractivity contribution in [3.63, 3.8) is 0 Å². The number of thiazole rings is 1. The second-order valence-electron chi connectivity index (χ2n) is 6.26. The van der Waals surface area contributed by atoms with Crippen molar-refractivity contribution in [2.75, 3.05) is 6.54 Å². The van der Waals surface area contributed by atoms with Crippen LogP contribution in [0, 0.1) is 0 Å². The van der Waals surface area contributed by atoms with Crippen LogP contribution < -0.4 is 5.32 Å². The maximum absolute atomic E-state index is 12.0. The summed E-state index contributed by atoms with van der Waals surface area (Å²) in [6.45, 7) is 9.71. The first-order valence-electron chi connectivity index (χ1n) is 8.53. The summed E-state index contributed by atoms with van der Waals surface area (Å²) in [5.41, 5.74) is 2.94. The van der Waals surface area contributed by atoms with E-state index in [4.69, 9.17) is 4.74 Å². The summed E-state index contributed by atoms with van der Waals surface area (Å²) in [4.78, 5) is 28.2. The highest BCUT2D eigenvalue weighted by atomic mass is 32.1. The van der Waals surface area contributed by atoms with Gasteiger partial charge >= 0.3 is 5.97 Å². The molecule has 0 aliphatic rings. The Morgan fingerprint density at radius 1 is 1.27 bits per heavy atom. The van der Waals surface area contributed by atoms with E-state index in [-0.39, 0.29) is 12.3 Å². The van der Waals surface area contributed by atoms with Gasteiger partial charge in [0.2, 0.25) is 0 Å². The molecule has 0 radical (unpaired) electrons. The van der Waals surface area contributed by atoms with Crippen LogP contribution in [-0.2, 0) is 20.7 Å². The number of carbonyl (C=O) groups is 2. The van der Waals surface area contributed by atoms with Crippen molar-refractivity contribution in [2.45, 2.75) is 39.2 Å². The van der Waals surface area contributed by atoms with E-state index in [0.29, 0.717) is 18.2 Å². The van der Waals surface area contributed by atoms with Crippen LogP contribution in [-0.4, -0.2) is 29.5 Å². The van der Waals surface area contributed by atoms with Gasteiger partial charge in [-0.1, -0.05) is 44.2 Å². The topological polar surface area (TPSA) is 68.3 Å². The van der Waals surface area contributed by atoms with Gasteiger partial charge in [0.25, 0.3) is 5.91 Å². The lowest BCUT2D eigenvalue weighted by Gasteiger charge is -2.12. The van der Waals surface area contributed by atoms with Gasteiger partial charge in [-0.25, -0.2) is 4.98 Å². The number of nitrogens with one attached hydrogen (secondary N) is 1. The van der Waals surface area contributed by atoms with Crippen LogP contribution in [0.3, 0.4) is 0 Å². The average Bonchev–Trinajstić information content (AvgIpc) is 3.07. The van der Waals surface area contributed by atoms with Gasteiger partial charge in [0.1, 0.15) is 5.01 Å². The monoisotopic (exact) mass is 372 g/mol. The Morgan fingerprint density at radius 2 is 1.96 bits per heavy atom. The summed E-state index contributed by atoms with van der Waals surface area (Å²) in [7, 11) is 0. The molecule has 138 valence electrons. The third-order valence-electron chi connectivity index (χ3n) is 3.80. The van der Waals surface area contributed by atoms with Crippen molar-refractivity contribution in [3.05, 3.63) is 53.6 Å². The van der Waals surface area contributed by atoms with E-state index >= 15 is 0 Å². The second kappa shape index (κ2) is 9.29. The molecular formula is C20H24N2O3S. The molecule has 0 spiro atoms. The Kier molecular flexibility index (Phi) is 7.09. The first-order chi connectivity index (χ1) is 12.4. The highest BCUT2D eigenvalue weighted by Crippen LogP contribution is 2.26. The van der Waals surface area contributed by atoms with Crippen LogP contribution >= 0.6 is 11.3 Å². The fourth-order valence-corrected chi connectivity index (χ4v) is 3.11. The van der Waals surface area contributed by atoms with Crippen molar-refractivity contribution >= 4 is 23.2 Å². The zero-order valence-electron chi connectivity index (χ0n) is 15.3. The van der Waals surface area contributed by atoms with Crippen LogP contribution in [0.5, 0.6) is 0 Å². The van der Waals surface area contributed by atoms with E-state index < -0.39 is 12.1 Å². The second-order valence-corrected chi connectivity index (χ2v) is 7.12. The zero-order chi connectivity index (χ0) is 19.1. The quantitative estimate of drug-likeness (QED) is 0.566. The average molecular weight is 372 g/mol. The van der Waals surface area contributed by atoms with Crippen LogP contribution in [0.15, 0.2) is 42.3 Å². The van der Waals surface area contributed by atoms with Gasteiger partial charge in [-0.05, 0) is 18.4 Å². The fourth-order valence-electron chi connectivity index (χ4n) is 2.29. The predicted octanol–water partition coefficient (Wildman–Crippen LogP) is 3.71. The number of nitrogens with zero attached hydrogens (tertiary/aromatic N) is 1. The fraction of sp³-hybridized carbons (Fsp3) is 0.350. The number of hydrogen-bond donors (Lipinski definition) is 1. The Bertz CT molecular complexity index is 766. The van der Waals surface area contributed by atoms with Gasteiger partial charge in [0, 0.05) is 17.5 Å². The molecule has 0 saturated carbocycles. The summed E-state index contributed by atoms with van der Waals surface area (Å²) < 4.78 is 5.15. The number of carbonyl (C=O) groups excluding carboxylic acids is 2. The minimum atomic E-state index is -0.843. The number of aromatic nitrogens is 1. The Labute approximate surface area is 158 Å². The summed E-state index contributed by atoms with van der Waals surface area (Å²) in [5, 5.41) is 5.30. The number of esters is 1. The summed E-state index contributed by atoms with van der Waals surface area (Å²) in [6, 6.07) is 8.28. The molecule has 5 nitrogen and oxygen atoms in total. The Morgan fingerprint density at radius 3 is 2.58 bits per heavy atom. The molecular weight excluding hydrogens is 348 g/mol. The third-order valence-corrected chi connectivity index (χ3v) is 4.74. The van der Waals surface area contributed by atoms with Crippen molar-refractivity contribution in [2.24, 2.45) is 0 Å². The molecule has 1 heterocycles. The van der Waals surface area contributed by atoms with E-state index in [2.05, 4.69) is 42.9 Å². The normalized spacial score (nSPS) is 11.8. The van der Waals surface area contributed by atoms with Crippen LogP contribution in [0.2, 0.25) is 0 Å². The number of benzene rings is 1. The molecule has 26 heavy (non-hydrogen) atoms. The SMILES string of the molecule is C=CCNC(=O)[C@@H](C)OC(=O)Cc1csc(-c2ccc(C(C)C)cc2)n1. The highest BCUT2D eigenvalue weighted by Gasteiger charge is 2.18. The lowest BCUT2D eigenvalue weighted by molar-refractivity contribution is -0.154. The van der Waals surface area contributed by atoms with Gasteiger partial charge in [-0.3, -0.25) is 9.59 Å². The molecule has 0 fully saturated rings. The largest absolute Gasteiger partial charge is 0.452 e. The Balaban J connectivity index is 1.94. The van der Waals surface area contributed by atoms with E-state index in [1.807, 2.05) is 17.5 Å². The van der Waals surface area contributed by atoms with Crippen molar-refractivity contribution in [1.82, 2.24) is 10.3 Å². The van der Waals surface area contributed by atoms with E-state index in [1.165, 1.54) is 16.9 Å². The summed E-state index contributed by atoms with van der Waals surface area (Å²) in [5.74, 6) is -0.336. The maximum Gasteiger partial charge on any atom is 0.312 e. The molecule has 1 aromatic heterocycles. The van der Waals surface area contributed by atoms with Crippen LogP contribution in [0.4, 0.5) is 0 Å². The summed E-state index contributed by atoms with van der Waals surface area (Å²) >= 11 is 1.49. The molecule has 1 aromatic carbocycles. The van der Waals surface area contributed by atoms with Gasteiger partial charge in [-0.2, -0.15) is 0 Å². The molecule has 2 aromatic rings. The maximum atomic E-state index is 12.0. The third kappa shape index (κ3) is 5.52. The molecule has 1 N–H and O–H groups in total. The lowest BCUT2D eigenvalue weighted by atomic mass is 10.0. The molecule has 0 bridgehead atoms. The first kappa shape index (κ1) is 19.8. The van der Waals surface area contributed by atoms with Crippen molar-refractivity contribution < 1.29 is 14.3 Å². The van der Waals surface area contributed by atoms with Gasteiger partial charge < -0.3 is 10.1 Å². The Hall–Kier alpha value is -2.47. The van der Waals surface area contributed by atoms with E-state index in [9.17, 15) is 9.59 Å². The van der Waals surface area contributed by atoms with Crippen molar-refractivity contribution in [1.29, 1.82) is 0 Å². The number of hydrogen-bond acceptors (Lipinski definition) is 5. The standard InChI is InChI=1S/C20H24N2O3S/c1-5-10-21-19(24)14(4)25-18(23)11-17-12-26-20(22-17)16-8-6-15(7-9-16)13(2)3/h5-9,12-14H,1,10-11H2,2-4H3,(H,21,24)/t14-/m1/s1.